The molecule has 0 aliphatic rings. The summed E-state index contributed by atoms with van der Waals surface area (Å²) in [5.41, 5.74) is -0.695. The second-order valence-electron chi connectivity index (χ2n) is 2.40. The monoisotopic (exact) mass is 116 g/mol. The molecule has 0 aliphatic heterocycles. The summed E-state index contributed by atoms with van der Waals surface area (Å²) in [4.78, 5) is 0. The lowest BCUT2D eigenvalue weighted by Crippen LogP contribution is -2.16. The summed E-state index contributed by atoms with van der Waals surface area (Å²) in [6.45, 7) is 3.38. The molecule has 0 unspecified atom stereocenters. The number of hydrogen-bond donors (Lipinski definition) is 2. The van der Waals surface area contributed by atoms with Gasteiger partial charge in [-0.3, -0.25) is 0 Å². The highest BCUT2D eigenvalue weighted by atomic mass is 16.3. The highest BCUT2D eigenvalue weighted by Gasteiger charge is 2.08. The summed E-state index contributed by atoms with van der Waals surface area (Å²) >= 11 is 0. The molecule has 2 nitrogen and oxygen atoms in total. The number of aliphatic hydroxyl groups excluding tert-OH is 1. The predicted molar refractivity (Wildman–Crippen MR) is 32.7 cm³/mol. The molecule has 0 saturated carbocycles. The van der Waals surface area contributed by atoms with Gasteiger partial charge in [-0.15, -0.1) is 0 Å². The Balaban J connectivity index is 3.39. The van der Waals surface area contributed by atoms with Crippen LogP contribution >= 0.6 is 0 Å². The zero-order valence-electron chi connectivity index (χ0n) is 5.26. The molecule has 0 saturated heterocycles. The first kappa shape index (κ1) is 7.50. The number of hydrogen-bond acceptors (Lipinski definition) is 2. The van der Waals surface area contributed by atoms with Gasteiger partial charge in [0.15, 0.2) is 0 Å². The lowest BCUT2D eigenvalue weighted by molar-refractivity contribution is 0.0833. The van der Waals surface area contributed by atoms with Crippen LogP contribution in [0.4, 0.5) is 0 Å². The van der Waals surface area contributed by atoms with Crippen LogP contribution < -0.4 is 0 Å². The SMILES string of the molecule is CC(C)(O)CC=CO. The van der Waals surface area contributed by atoms with Gasteiger partial charge < -0.3 is 10.2 Å². The van der Waals surface area contributed by atoms with Crippen molar-refractivity contribution in [2.45, 2.75) is 25.9 Å². The maximum absolute atomic E-state index is 8.99. The van der Waals surface area contributed by atoms with Gasteiger partial charge in [-0.25, -0.2) is 0 Å². The molecule has 48 valence electrons. The lowest BCUT2D eigenvalue weighted by atomic mass is 10.1. The highest BCUT2D eigenvalue weighted by Crippen LogP contribution is 2.06. The fourth-order valence-corrected chi connectivity index (χ4v) is 0.341. The van der Waals surface area contributed by atoms with E-state index in [9.17, 15) is 0 Å². The van der Waals surface area contributed by atoms with Gasteiger partial charge in [-0.05, 0) is 26.3 Å². The molecular formula is C6H12O2. The minimum Gasteiger partial charge on any atom is -0.516 e. The van der Waals surface area contributed by atoms with Gasteiger partial charge >= 0.3 is 0 Å². The first-order valence-corrected chi connectivity index (χ1v) is 2.58. The van der Waals surface area contributed by atoms with Crippen LogP contribution in [0.1, 0.15) is 20.3 Å². The molecule has 8 heavy (non-hydrogen) atoms. The summed E-state index contributed by atoms with van der Waals surface area (Å²) in [6.07, 6.45) is 2.95. The maximum Gasteiger partial charge on any atom is 0.0752 e. The van der Waals surface area contributed by atoms with Crippen molar-refractivity contribution < 1.29 is 10.2 Å². The third-order valence-corrected chi connectivity index (χ3v) is 0.723. The molecule has 0 amide bonds. The Labute approximate surface area is 49.5 Å². The van der Waals surface area contributed by atoms with E-state index < -0.39 is 5.60 Å². The number of rotatable bonds is 2. The van der Waals surface area contributed by atoms with Crippen molar-refractivity contribution in [3.63, 3.8) is 0 Å². The van der Waals surface area contributed by atoms with Crippen molar-refractivity contribution >= 4 is 0 Å². The van der Waals surface area contributed by atoms with Crippen LogP contribution in [0.3, 0.4) is 0 Å². The van der Waals surface area contributed by atoms with Crippen molar-refractivity contribution in [2.75, 3.05) is 0 Å². The molecule has 0 aromatic heterocycles. The van der Waals surface area contributed by atoms with Gasteiger partial charge in [0.2, 0.25) is 0 Å². The van der Waals surface area contributed by atoms with Crippen LogP contribution in [0.25, 0.3) is 0 Å². The fourth-order valence-electron chi connectivity index (χ4n) is 0.341. The van der Waals surface area contributed by atoms with E-state index in [4.69, 9.17) is 10.2 Å². The maximum atomic E-state index is 8.99. The lowest BCUT2D eigenvalue weighted by Gasteiger charge is -2.12. The summed E-state index contributed by atoms with van der Waals surface area (Å²) in [5, 5.41) is 17.1. The fraction of sp³-hybridized carbons (Fsp3) is 0.667. The summed E-state index contributed by atoms with van der Waals surface area (Å²) in [7, 11) is 0. The van der Waals surface area contributed by atoms with Crippen molar-refractivity contribution in [1.29, 1.82) is 0 Å². The van der Waals surface area contributed by atoms with Gasteiger partial charge in [0, 0.05) is 0 Å². The average molecular weight is 116 g/mol. The molecule has 2 heteroatoms. The molecule has 0 spiro atoms. The summed E-state index contributed by atoms with van der Waals surface area (Å²) in [5.74, 6) is 0. The molecule has 0 aliphatic carbocycles. The van der Waals surface area contributed by atoms with Crippen molar-refractivity contribution in [3.05, 3.63) is 12.3 Å². The third-order valence-electron chi connectivity index (χ3n) is 0.723. The Bertz CT molecular complexity index is 79.0. The standard InChI is InChI=1S/C6H12O2/c1-6(2,8)4-3-5-7/h3,5,7-8H,4H2,1-2H3. The summed E-state index contributed by atoms with van der Waals surface area (Å²) < 4.78 is 0. The van der Waals surface area contributed by atoms with E-state index in [1.54, 1.807) is 13.8 Å². The minimum atomic E-state index is -0.695. The molecule has 0 aromatic rings. The third kappa shape index (κ3) is 5.50. The second kappa shape index (κ2) is 2.72. The molecule has 0 rings (SSSR count). The average Bonchev–Trinajstić information content (AvgIpc) is 1.59. The van der Waals surface area contributed by atoms with E-state index in [0.717, 1.165) is 6.26 Å². The molecule has 0 aromatic carbocycles. The van der Waals surface area contributed by atoms with Gasteiger partial charge in [0.25, 0.3) is 0 Å². The minimum absolute atomic E-state index is 0.490. The van der Waals surface area contributed by atoms with Crippen LogP contribution in [0.5, 0.6) is 0 Å². The van der Waals surface area contributed by atoms with E-state index >= 15 is 0 Å². The molecule has 0 fully saturated rings. The van der Waals surface area contributed by atoms with Crippen LogP contribution in [-0.4, -0.2) is 15.8 Å². The van der Waals surface area contributed by atoms with Gasteiger partial charge in [-0.2, -0.15) is 0 Å². The van der Waals surface area contributed by atoms with Gasteiger partial charge in [0.05, 0.1) is 11.9 Å². The van der Waals surface area contributed by atoms with Crippen molar-refractivity contribution in [3.8, 4) is 0 Å². The van der Waals surface area contributed by atoms with Crippen LogP contribution in [-0.2, 0) is 0 Å². The first-order valence-electron chi connectivity index (χ1n) is 2.58. The van der Waals surface area contributed by atoms with Crippen LogP contribution in [0, 0.1) is 0 Å². The molecule has 0 bridgehead atoms. The van der Waals surface area contributed by atoms with E-state index in [1.165, 1.54) is 6.08 Å². The number of aliphatic hydroxyl groups is 2. The zero-order chi connectivity index (χ0) is 6.62. The predicted octanol–water partition coefficient (Wildman–Crippen LogP) is 1.22. The Kier molecular flexibility index (Phi) is 2.55. The van der Waals surface area contributed by atoms with E-state index in [1.807, 2.05) is 0 Å². The second-order valence-corrected chi connectivity index (χ2v) is 2.40. The topological polar surface area (TPSA) is 40.5 Å². The Morgan fingerprint density at radius 1 is 1.50 bits per heavy atom. The first-order chi connectivity index (χ1) is 3.56. The largest absolute Gasteiger partial charge is 0.516 e. The van der Waals surface area contributed by atoms with Crippen LogP contribution in [0.15, 0.2) is 12.3 Å². The Morgan fingerprint density at radius 2 is 2.00 bits per heavy atom. The van der Waals surface area contributed by atoms with Gasteiger partial charge in [0.1, 0.15) is 0 Å². The van der Waals surface area contributed by atoms with Gasteiger partial charge in [-0.1, -0.05) is 0 Å². The summed E-state index contributed by atoms with van der Waals surface area (Å²) in [6, 6.07) is 0. The molecule has 0 atom stereocenters. The Hall–Kier alpha value is -0.500. The zero-order valence-corrected chi connectivity index (χ0v) is 5.26. The normalized spacial score (nSPS) is 12.9. The molecule has 0 radical (unpaired) electrons. The highest BCUT2D eigenvalue weighted by molar-refractivity contribution is 4.80. The van der Waals surface area contributed by atoms with Crippen molar-refractivity contribution in [2.24, 2.45) is 0 Å². The van der Waals surface area contributed by atoms with E-state index in [2.05, 4.69) is 0 Å². The van der Waals surface area contributed by atoms with Crippen molar-refractivity contribution in [1.82, 2.24) is 0 Å². The quantitative estimate of drug-likeness (QED) is 0.532. The molecule has 2 N–H and O–H groups in total. The van der Waals surface area contributed by atoms with Crippen LogP contribution in [0.2, 0.25) is 0 Å². The molecule has 0 heterocycles. The van der Waals surface area contributed by atoms with E-state index in [0.29, 0.717) is 6.42 Å². The molecular weight excluding hydrogens is 104 g/mol. The van der Waals surface area contributed by atoms with E-state index in [-0.39, 0.29) is 0 Å². The Morgan fingerprint density at radius 3 is 2.12 bits per heavy atom. The smallest absolute Gasteiger partial charge is 0.0752 e.